The van der Waals surface area contributed by atoms with E-state index in [1.165, 1.54) is 10.4 Å². The fourth-order valence-corrected chi connectivity index (χ4v) is 9.67. The zero-order chi connectivity index (χ0) is 20.4. The van der Waals surface area contributed by atoms with Crippen molar-refractivity contribution in [2.75, 3.05) is 6.61 Å². The fraction of sp³-hybridized carbons (Fsp3) is 0.409. The molecule has 0 spiro atoms. The van der Waals surface area contributed by atoms with Crippen molar-refractivity contribution in [1.29, 1.82) is 0 Å². The number of carbonyl (C=O) groups excluding carboxylic acids is 1. The second kappa shape index (κ2) is 8.65. The van der Waals surface area contributed by atoms with E-state index in [-0.39, 0.29) is 21.4 Å². The van der Waals surface area contributed by atoms with Crippen LogP contribution in [0.1, 0.15) is 27.2 Å². The number of esters is 1. The summed E-state index contributed by atoms with van der Waals surface area (Å²) in [5, 5.41) is 12.5. The Balaban J connectivity index is 1.98. The summed E-state index contributed by atoms with van der Waals surface area (Å²) in [6.45, 7) is 7.09. The predicted molar refractivity (Wildman–Crippen MR) is 122 cm³/mol. The lowest BCUT2D eigenvalue weighted by molar-refractivity contribution is -0.141. The van der Waals surface area contributed by atoms with Crippen molar-refractivity contribution in [3.8, 4) is 0 Å². The molecule has 1 heterocycles. The number of aliphatic hydroxyl groups is 1. The third kappa shape index (κ3) is 4.20. The lowest BCUT2D eigenvalue weighted by Gasteiger charge is -2.43. The van der Waals surface area contributed by atoms with Gasteiger partial charge in [-0.25, -0.2) is 0 Å². The average Bonchev–Trinajstić information content (AvgIpc) is 3.01. The van der Waals surface area contributed by atoms with E-state index in [1.54, 1.807) is 0 Å². The van der Waals surface area contributed by atoms with Crippen LogP contribution in [0.5, 0.6) is 0 Å². The van der Waals surface area contributed by atoms with Gasteiger partial charge in [-0.15, -0.1) is 0 Å². The van der Waals surface area contributed by atoms with Crippen LogP contribution in [0.15, 0.2) is 60.7 Å². The van der Waals surface area contributed by atoms with Crippen LogP contribution in [-0.4, -0.2) is 42.1 Å². The summed E-state index contributed by atoms with van der Waals surface area (Å²) >= 11 is 2.24. The first-order valence-electron chi connectivity index (χ1n) is 9.52. The number of ether oxygens (including phenoxy) is 1. The molecular formula is C22H27IO4Si. The summed E-state index contributed by atoms with van der Waals surface area (Å²) in [7, 11) is -2.63. The molecule has 3 atom stereocenters. The number of alkyl halides is 1. The minimum Gasteiger partial charge on any atom is -0.458 e. The second-order valence-corrected chi connectivity index (χ2v) is 14.1. The molecule has 28 heavy (non-hydrogen) atoms. The Morgan fingerprint density at radius 2 is 1.61 bits per heavy atom. The summed E-state index contributed by atoms with van der Waals surface area (Å²) in [5.74, 6) is -0.343. The summed E-state index contributed by atoms with van der Waals surface area (Å²) in [6, 6.07) is 20.9. The molecule has 2 aromatic rings. The Bertz CT molecular complexity index is 752. The van der Waals surface area contributed by atoms with E-state index >= 15 is 0 Å². The SMILES string of the molecule is CC(C)(C)[Si](OC[C@H](I)[C@H]1OC(=O)C[C@@H]1O)(c1ccccc1)c1ccccc1. The maximum absolute atomic E-state index is 11.6. The first-order chi connectivity index (χ1) is 13.3. The lowest BCUT2D eigenvalue weighted by Crippen LogP contribution is -2.67. The Labute approximate surface area is 181 Å². The van der Waals surface area contributed by atoms with Crippen LogP contribution < -0.4 is 10.4 Å². The molecule has 0 amide bonds. The van der Waals surface area contributed by atoms with Crippen LogP contribution in [0.2, 0.25) is 5.04 Å². The summed E-state index contributed by atoms with van der Waals surface area (Å²) in [5.41, 5.74) is 0. The fourth-order valence-electron chi connectivity index (χ4n) is 3.94. The molecular weight excluding hydrogens is 483 g/mol. The topological polar surface area (TPSA) is 55.8 Å². The van der Waals surface area contributed by atoms with Crippen molar-refractivity contribution in [3.63, 3.8) is 0 Å². The van der Waals surface area contributed by atoms with Crippen molar-refractivity contribution >= 4 is 47.3 Å². The van der Waals surface area contributed by atoms with Crippen LogP contribution in [-0.2, 0) is 14.0 Å². The van der Waals surface area contributed by atoms with Crippen molar-refractivity contribution in [2.45, 2.75) is 48.4 Å². The van der Waals surface area contributed by atoms with Gasteiger partial charge in [-0.2, -0.15) is 0 Å². The van der Waals surface area contributed by atoms with Crippen LogP contribution >= 0.6 is 22.6 Å². The van der Waals surface area contributed by atoms with Gasteiger partial charge in [0.1, 0.15) is 12.2 Å². The molecule has 3 rings (SSSR count). The lowest BCUT2D eigenvalue weighted by atomic mass is 10.1. The molecule has 0 saturated carbocycles. The van der Waals surface area contributed by atoms with Gasteiger partial charge in [-0.05, 0) is 15.4 Å². The zero-order valence-corrected chi connectivity index (χ0v) is 19.6. The molecule has 1 N–H and O–H groups in total. The molecule has 2 aromatic carbocycles. The van der Waals surface area contributed by atoms with Gasteiger partial charge in [-0.3, -0.25) is 4.79 Å². The van der Waals surface area contributed by atoms with Gasteiger partial charge in [0, 0.05) is 0 Å². The van der Waals surface area contributed by atoms with Crippen LogP contribution in [0.4, 0.5) is 0 Å². The zero-order valence-electron chi connectivity index (χ0n) is 16.5. The first kappa shape index (κ1) is 21.5. The van der Waals surface area contributed by atoms with E-state index in [9.17, 15) is 9.90 Å². The standard InChI is InChI=1S/C22H27IO4Si/c1-22(2,3)28(16-10-6-4-7-11-16,17-12-8-5-9-13-17)26-15-18(23)21-19(24)14-20(25)27-21/h4-13,18-19,21,24H,14-15H2,1-3H3/t18-,19-,21+/m0/s1. The summed E-state index contributed by atoms with van der Waals surface area (Å²) in [4.78, 5) is 11.6. The molecule has 0 unspecified atom stereocenters. The quantitative estimate of drug-likeness (QED) is 0.281. The van der Waals surface area contributed by atoms with Gasteiger partial charge in [0.15, 0.2) is 0 Å². The molecule has 0 aromatic heterocycles. The average molecular weight is 510 g/mol. The van der Waals surface area contributed by atoms with Gasteiger partial charge in [-0.1, -0.05) is 104 Å². The molecule has 1 aliphatic rings. The van der Waals surface area contributed by atoms with E-state index in [2.05, 4.69) is 91.9 Å². The molecule has 1 saturated heterocycles. The van der Waals surface area contributed by atoms with Crippen molar-refractivity contribution < 1.29 is 19.1 Å². The number of carbonyl (C=O) groups is 1. The smallest absolute Gasteiger partial charge is 0.308 e. The number of hydrogen-bond acceptors (Lipinski definition) is 4. The Morgan fingerprint density at radius 3 is 2.00 bits per heavy atom. The van der Waals surface area contributed by atoms with Crippen molar-refractivity contribution in [3.05, 3.63) is 60.7 Å². The molecule has 4 nitrogen and oxygen atoms in total. The van der Waals surface area contributed by atoms with Gasteiger partial charge < -0.3 is 14.3 Å². The molecule has 6 heteroatoms. The maximum atomic E-state index is 11.6. The molecule has 1 aliphatic heterocycles. The molecule has 0 radical (unpaired) electrons. The molecule has 0 aliphatic carbocycles. The van der Waals surface area contributed by atoms with E-state index in [4.69, 9.17) is 9.16 Å². The van der Waals surface area contributed by atoms with Crippen LogP contribution in [0.25, 0.3) is 0 Å². The molecule has 1 fully saturated rings. The minimum absolute atomic E-state index is 0.0589. The highest BCUT2D eigenvalue weighted by molar-refractivity contribution is 14.1. The predicted octanol–water partition coefficient (Wildman–Crippen LogP) is 3.04. The summed E-state index contributed by atoms with van der Waals surface area (Å²) in [6.07, 6.45) is -1.23. The highest BCUT2D eigenvalue weighted by Crippen LogP contribution is 2.37. The normalized spacial score (nSPS) is 21.4. The van der Waals surface area contributed by atoms with Gasteiger partial charge >= 0.3 is 5.97 Å². The largest absolute Gasteiger partial charge is 0.458 e. The minimum atomic E-state index is -2.63. The number of benzene rings is 2. The van der Waals surface area contributed by atoms with E-state index in [1.807, 2.05) is 12.1 Å². The van der Waals surface area contributed by atoms with E-state index in [0.29, 0.717) is 6.61 Å². The molecule has 150 valence electrons. The first-order valence-corrected chi connectivity index (χ1v) is 12.7. The number of halogens is 1. The van der Waals surface area contributed by atoms with Gasteiger partial charge in [0.2, 0.25) is 0 Å². The third-order valence-electron chi connectivity index (χ3n) is 5.25. The second-order valence-electron chi connectivity index (χ2n) is 8.22. The Kier molecular flexibility index (Phi) is 6.64. The van der Waals surface area contributed by atoms with E-state index in [0.717, 1.165) is 0 Å². The number of cyclic esters (lactones) is 1. The third-order valence-corrected chi connectivity index (χ3v) is 11.3. The Morgan fingerprint density at radius 1 is 1.11 bits per heavy atom. The van der Waals surface area contributed by atoms with E-state index < -0.39 is 20.5 Å². The maximum Gasteiger partial charge on any atom is 0.308 e. The number of aliphatic hydroxyl groups excluding tert-OH is 1. The van der Waals surface area contributed by atoms with Gasteiger partial charge in [0.05, 0.1) is 17.0 Å². The van der Waals surface area contributed by atoms with Gasteiger partial charge in [0.25, 0.3) is 8.32 Å². The number of hydrogen-bond donors (Lipinski definition) is 1. The van der Waals surface area contributed by atoms with Crippen molar-refractivity contribution in [1.82, 2.24) is 0 Å². The Hall–Kier alpha value is -1.22. The van der Waals surface area contributed by atoms with Crippen molar-refractivity contribution in [2.24, 2.45) is 0 Å². The van der Waals surface area contributed by atoms with Crippen LogP contribution in [0, 0.1) is 0 Å². The van der Waals surface area contributed by atoms with Crippen LogP contribution in [0.3, 0.4) is 0 Å². The monoisotopic (exact) mass is 510 g/mol. The summed E-state index contributed by atoms with van der Waals surface area (Å²) < 4.78 is 12.1. The highest BCUT2D eigenvalue weighted by Gasteiger charge is 2.51. The highest BCUT2D eigenvalue weighted by atomic mass is 127. The number of rotatable bonds is 6. The molecule has 0 bridgehead atoms.